The smallest absolute Gasteiger partial charge is 0.127 e. The van der Waals surface area contributed by atoms with Crippen LogP contribution in [-0.4, -0.2) is 48.4 Å². The fourth-order valence-electron chi connectivity index (χ4n) is 2.43. The van der Waals surface area contributed by atoms with Gasteiger partial charge in [-0.3, -0.25) is 4.90 Å². The molecule has 1 aromatic carbocycles. The van der Waals surface area contributed by atoms with Crippen LogP contribution in [0, 0.1) is 5.82 Å². The van der Waals surface area contributed by atoms with Crippen molar-refractivity contribution in [3.8, 4) is 0 Å². The van der Waals surface area contributed by atoms with Gasteiger partial charge in [0.25, 0.3) is 0 Å². The molecule has 1 saturated heterocycles. The molecule has 19 heavy (non-hydrogen) atoms. The van der Waals surface area contributed by atoms with E-state index in [1.807, 2.05) is 6.07 Å². The summed E-state index contributed by atoms with van der Waals surface area (Å²) in [4.78, 5) is 4.70. The van der Waals surface area contributed by atoms with Gasteiger partial charge >= 0.3 is 0 Å². The maximum atomic E-state index is 13.7. The second-order valence-corrected chi connectivity index (χ2v) is 6.19. The van der Waals surface area contributed by atoms with Gasteiger partial charge in [-0.1, -0.05) is 15.9 Å². The monoisotopic (exact) mass is 348 g/mol. The van der Waals surface area contributed by atoms with Crippen LogP contribution in [0.2, 0.25) is 0 Å². The Morgan fingerprint density at radius 3 is 2.68 bits per heavy atom. The van der Waals surface area contributed by atoms with Crippen LogP contribution in [0.5, 0.6) is 0 Å². The Labute approximate surface area is 127 Å². The van der Waals surface area contributed by atoms with Crippen LogP contribution in [0.1, 0.15) is 12.0 Å². The summed E-state index contributed by atoms with van der Waals surface area (Å²) in [6.45, 7) is 5.72. The SMILES string of the molecule is Fc1ccc(Br)cc1CN1CCCN(CCCl)CC1. The second-order valence-electron chi connectivity index (χ2n) is 4.90. The molecule has 0 N–H and O–H groups in total. The summed E-state index contributed by atoms with van der Waals surface area (Å²) in [5.41, 5.74) is 0.764. The number of hydrogen-bond acceptors (Lipinski definition) is 2. The summed E-state index contributed by atoms with van der Waals surface area (Å²) in [5.74, 6) is 0.561. The van der Waals surface area contributed by atoms with E-state index in [0.29, 0.717) is 12.4 Å². The van der Waals surface area contributed by atoms with Crippen molar-refractivity contribution in [1.82, 2.24) is 9.80 Å². The lowest BCUT2D eigenvalue weighted by Gasteiger charge is -2.21. The first kappa shape index (κ1) is 15.2. The fourth-order valence-corrected chi connectivity index (χ4v) is 3.08. The van der Waals surface area contributed by atoms with Crippen molar-refractivity contribution in [1.29, 1.82) is 0 Å². The van der Waals surface area contributed by atoms with Crippen molar-refractivity contribution in [3.05, 3.63) is 34.1 Å². The lowest BCUT2D eigenvalue weighted by Crippen LogP contribution is -2.31. The molecule has 1 aromatic rings. The predicted molar refractivity (Wildman–Crippen MR) is 81.2 cm³/mol. The largest absolute Gasteiger partial charge is 0.301 e. The Balaban J connectivity index is 1.94. The molecule has 0 radical (unpaired) electrons. The Morgan fingerprint density at radius 2 is 1.89 bits per heavy atom. The van der Waals surface area contributed by atoms with E-state index >= 15 is 0 Å². The van der Waals surface area contributed by atoms with E-state index in [4.69, 9.17) is 11.6 Å². The third kappa shape index (κ3) is 4.71. The van der Waals surface area contributed by atoms with Gasteiger partial charge < -0.3 is 4.90 Å². The highest BCUT2D eigenvalue weighted by Gasteiger charge is 2.15. The topological polar surface area (TPSA) is 6.48 Å². The van der Waals surface area contributed by atoms with Crippen molar-refractivity contribution in [2.75, 3.05) is 38.6 Å². The molecule has 1 aliphatic heterocycles. The number of benzene rings is 1. The second kappa shape index (κ2) is 7.58. The molecule has 0 saturated carbocycles. The van der Waals surface area contributed by atoms with Gasteiger partial charge in [0, 0.05) is 42.1 Å². The van der Waals surface area contributed by atoms with Gasteiger partial charge in [0.05, 0.1) is 0 Å². The molecule has 0 atom stereocenters. The predicted octanol–water partition coefficient (Wildman–Crippen LogP) is 3.33. The first-order valence-corrected chi connectivity index (χ1v) is 7.96. The minimum Gasteiger partial charge on any atom is -0.301 e. The maximum absolute atomic E-state index is 13.7. The van der Waals surface area contributed by atoms with E-state index in [1.54, 1.807) is 6.07 Å². The van der Waals surface area contributed by atoms with Crippen LogP contribution < -0.4 is 0 Å². The number of nitrogens with zero attached hydrogens (tertiary/aromatic N) is 2. The van der Waals surface area contributed by atoms with Gasteiger partial charge in [0.1, 0.15) is 5.82 Å². The molecular weight excluding hydrogens is 331 g/mol. The van der Waals surface area contributed by atoms with Gasteiger partial charge in [-0.25, -0.2) is 4.39 Å². The van der Waals surface area contributed by atoms with E-state index in [2.05, 4.69) is 25.7 Å². The van der Waals surface area contributed by atoms with E-state index < -0.39 is 0 Å². The van der Waals surface area contributed by atoms with Crippen LogP contribution in [0.3, 0.4) is 0 Å². The van der Waals surface area contributed by atoms with Crippen LogP contribution in [0.25, 0.3) is 0 Å². The number of halogens is 3. The van der Waals surface area contributed by atoms with Crippen molar-refractivity contribution < 1.29 is 4.39 Å². The normalized spacial score (nSPS) is 18.5. The zero-order chi connectivity index (χ0) is 13.7. The molecule has 0 aromatic heterocycles. The average molecular weight is 350 g/mol. The molecule has 1 fully saturated rings. The molecule has 0 bridgehead atoms. The molecule has 0 unspecified atom stereocenters. The van der Waals surface area contributed by atoms with E-state index in [1.165, 1.54) is 6.07 Å². The van der Waals surface area contributed by atoms with Gasteiger partial charge in [-0.15, -0.1) is 11.6 Å². The molecule has 2 nitrogen and oxygen atoms in total. The fraction of sp³-hybridized carbons (Fsp3) is 0.571. The molecule has 1 aliphatic rings. The van der Waals surface area contributed by atoms with E-state index in [0.717, 1.165) is 49.2 Å². The molecule has 0 spiro atoms. The standard InChI is InChI=1S/C14H19BrClFN2/c15-13-2-3-14(17)12(10-13)11-19-6-1-5-18(7-4-16)8-9-19/h2-3,10H,1,4-9,11H2. The maximum Gasteiger partial charge on any atom is 0.127 e. The van der Waals surface area contributed by atoms with E-state index in [9.17, 15) is 4.39 Å². The summed E-state index contributed by atoms with van der Waals surface area (Å²) >= 11 is 9.18. The highest BCUT2D eigenvalue weighted by atomic mass is 79.9. The highest BCUT2D eigenvalue weighted by molar-refractivity contribution is 9.10. The van der Waals surface area contributed by atoms with E-state index in [-0.39, 0.29) is 5.82 Å². The summed E-state index contributed by atoms with van der Waals surface area (Å²) in [7, 11) is 0. The number of rotatable bonds is 4. The van der Waals surface area contributed by atoms with Gasteiger partial charge in [-0.05, 0) is 37.7 Å². The van der Waals surface area contributed by atoms with Crippen molar-refractivity contribution >= 4 is 27.5 Å². The lowest BCUT2D eigenvalue weighted by molar-refractivity contribution is 0.255. The van der Waals surface area contributed by atoms with Crippen LogP contribution in [0.15, 0.2) is 22.7 Å². The number of alkyl halides is 1. The van der Waals surface area contributed by atoms with Crippen molar-refractivity contribution in [2.24, 2.45) is 0 Å². The molecule has 0 amide bonds. The molecular formula is C14H19BrClFN2. The highest BCUT2D eigenvalue weighted by Crippen LogP contribution is 2.18. The van der Waals surface area contributed by atoms with Crippen LogP contribution in [0.4, 0.5) is 4.39 Å². The third-order valence-corrected chi connectivity index (χ3v) is 4.15. The van der Waals surface area contributed by atoms with Crippen LogP contribution in [-0.2, 0) is 6.54 Å². The third-order valence-electron chi connectivity index (χ3n) is 3.48. The minimum atomic E-state index is -0.120. The number of hydrogen-bond donors (Lipinski definition) is 0. The summed E-state index contributed by atoms with van der Waals surface area (Å²) < 4.78 is 14.7. The summed E-state index contributed by atoms with van der Waals surface area (Å²) in [6.07, 6.45) is 1.12. The Morgan fingerprint density at radius 1 is 1.16 bits per heavy atom. The molecule has 5 heteroatoms. The lowest BCUT2D eigenvalue weighted by atomic mass is 10.2. The molecule has 0 aliphatic carbocycles. The van der Waals surface area contributed by atoms with Crippen molar-refractivity contribution in [2.45, 2.75) is 13.0 Å². The quantitative estimate of drug-likeness (QED) is 0.769. The molecule has 106 valence electrons. The van der Waals surface area contributed by atoms with Crippen LogP contribution >= 0.6 is 27.5 Å². The Kier molecular flexibility index (Phi) is 6.07. The minimum absolute atomic E-state index is 0.120. The zero-order valence-electron chi connectivity index (χ0n) is 10.9. The first-order valence-electron chi connectivity index (χ1n) is 6.63. The average Bonchev–Trinajstić information content (AvgIpc) is 2.60. The summed E-state index contributed by atoms with van der Waals surface area (Å²) in [5, 5.41) is 0. The summed E-state index contributed by atoms with van der Waals surface area (Å²) in [6, 6.07) is 5.14. The van der Waals surface area contributed by atoms with Gasteiger partial charge in [-0.2, -0.15) is 0 Å². The molecule has 1 heterocycles. The van der Waals surface area contributed by atoms with Gasteiger partial charge in [0.2, 0.25) is 0 Å². The van der Waals surface area contributed by atoms with Gasteiger partial charge in [0.15, 0.2) is 0 Å². The zero-order valence-corrected chi connectivity index (χ0v) is 13.3. The van der Waals surface area contributed by atoms with Crippen molar-refractivity contribution in [3.63, 3.8) is 0 Å². The Bertz CT molecular complexity index is 416. The Hall–Kier alpha value is -0.160. The first-order chi connectivity index (χ1) is 9.19. The molecule has 2 rings (SSSR count).